The van der Waals surface area contributed by atoms with Crippen LogP contribution in [-0.4, -0.2) is 17.0 Å². The lowest BCUT2D eigenvalue weighted by Crippen LogP contribution is -2.15. The highest BCUT2D eigenvalue weighted by Gasteiger charge is 2.11. The van der Waals surface area contributed by atoms with E-state index < -0.39 is 0 Å². The number of hydrogen-bond donors (Lipinski definition) is 1. The second-order valence-corrected chi connectivity index (χ2v) is 7.51. The number of rotatable bonds is 5. The van der Waals surface area contributed by atoms with Gasteiger partial charge >= 0.3 is 0 Å². The Labute approximate surface area is 139 Å². The smallest absolute Gasteiger partial charge is 0.0674 e. The highest BCUT2D eigenvalue weighted by Crippen LogP contribution is 2.24. The van der Waals surface area contributed by atoms with E-state index in [4.69, 9.17) is 0 Å². The molecule has 2 aromatic rings. The number of aliphatic hydroxyl groups is 1. The molecule has 0 heterocycles. The third-order valence-corrected chi connectivity index (χ3v) is 5.22. The summed E-state index contributed by atoms with van der Waals surface area (Å²) in [6.07, 6.45) is 0.403. The molecule has 0 saturated carbocycles. The van der Waals surface area contributed by atoms with Crippen molar-refractivity contribution in [3.05, 3.63) is 63.1 Å². The van der Waals surface area contributed by atoms with Crippen molar-refractivity contribution < 1.29 is 5.11 Å². The largest absolute Gasteiger partial charge is 0.392 e. The fraction of sp³-hybridized carbons (Fsp3) is 0.333. The van der Waals surface area contributed by atoms with Gasteiger partial charge in [0.2, 0.25) is 0 Å². The Balaban J connectivity index is 1.96. The average Bonchev–Trinajstić information content (AvgIpc) is 2.42. The number of hydrogen-bond acceptors (Lipinski definition) is 2. The van der Waals surface area contributed by atoms with Crippen molar-refractivity contribution in [3.8, 4) is 0 Å². The molecule has 0 aliphatic heterocycles. The Morgan fingerprint density at radius 3 is 2.19 bits per heavy atom. The maximum absolute atomic E-state index is 10.3. The lowest BCUT2D eigenvalue weighted by Gasteiger charge is -2.15. The van der Waals surface area contributed by atoms with Crippen LogP contribution in [0.3, 0.4) is 0 Å². The van der Waals surface area contributed by atoms with Crippen LogP contribution in [0.4, 0.5) is 0 Å². The van der Waals surface area contributed by atoms with Crippen LogP contribution in [0, 0.1) is 20.8 Å². The zero-order valence-corrected chi connectivity index (χ0v) is 15.1. The van der Waals surface area contributed by atoms with Gasteiger partial charge in [0.25, 0.3) is 0 Å². The molecular formula is C18H21BrOS. The van der Waals surface area contributed by atoms with Crippen molar-refractivity contribution in [2.24, 2.45) is 0 Å². The van der Waals surface area contributed by atoms with Gasteiger partial charge in [-0.1, -0.05) is 33.6 Å². The Morgan fingerprint density at radius 1 is 1.05 bits per heavy atom. The molecule has 0 aromatic heterocycles. The molecule has 0 amide bonds. The maximum atomic E-state index is 10.3. The first-order chi connectivity index (χ1) is 9.95. The van der Waals surface area contributed by atoms with Crippen LogP contribution in [0.2, 0.25) is 0 Å². The first-order valence-electron chi connectivity index (χ1n) is 7.09. The second kappa shape index (κ2) is 7.48. The first-order valence-corrected chi connectivity index (χ1v) is 8.86. The summed E-state index contributed by atoms with van der Waals surface area (Å²) in [5.41, 5.74) is 5.12. The molecule has 0 aliphatic carbocycles. The molecule has 0 radical (unpaired) electrons. The van der Waals surface area contributed by atoms with E-state index >= 15 is 0 Å². The molecule has 2 rings (SSSR count). The van der Waals surface area contributed by atoms with Crippen molar-refractivity contribution in [1.82, 2.24) is 0 Å². The molecule has 21 heavy (non-hydrogen) atoms. The number of aryl methyl sites for hydroxylation is 3. The quantitative estimate of drug-likeness (QED) is 0.747. The molecule has 3 heteroatoms. The molecule has 0 bridgehead atoms. The Bertz CT molecular complexity index is 584. The van der Waals surface area contributed by atoms with E-state index in [1.165, 1.54) is 27.1 Å². The van der Waals surface area contributed by atoms with Crippen molar-refractivity contribution in [2.45, 2.75) is 38.2 Å². The fourth-order valence-electron chi connectivity index (χ4n) is 2.55. The van der Waals surface area contributed by atoms with E-state index in [9.17, 15) is 5.11 Å². The summed E-state index contributed by atoms with van der Waals surface area (Å²) >= 11 is 5.13. The van der Waals surface area contributed by atoms with E-state index in [-0.39, 0.29) is 6.10 Å². The minimum absolute atomic E-state index is 0.321. The summed E-state index contributed by atoms with van der Waals surface area (Å²) in [4.78, 5) is 1.19. The lowest BCUT2D eigenvalue weighted by atomic mass is 9.96. The van der Waals surface area contributed by atoms with E-state index in [0.717, 1.165) is 10.9 Å². The van der Waals surface area contributed by atoms with Crippen molar-refractivity contribution in [3.63, 3.8) is 0 Å². The number of aliphatic hydroxyl groups excluding tert-OH is 1. The highest BCUT2D eigenvalue weighted by molar-refractivity contribution is 9.10. The third-order valence-electron chi connectivity index (χ3n) is 3.54. The number of benzene rings is 2. The van der Waals surface area contributed by atoms with E-state index in [1.54, 1.807) is 11.8 Å². The first kappa shape index (κ1) is 16.6. The predicted octanol–water partition coefficient (Wildman–Crippen LogP) is 5.07. The van der Waals surface area contributed by atoms with Crippen LogP contribution in [-0.2, 0) is 6.42 Å². The zero-order chi connectivity index (χ0) is 15.4. The summed E-state index contributed by atoms with van der Waals surface area (Å²) < 4.78 is 1.08. The van der Waals surface area contributed by atoms with Gasteiger partial charge in [-0.15, -0.1) is 11.8 Å². The molecule has 1 N–H and O–H groups in total. The second-order valence-electron chi connectivity index (χ2n) is 5.50. The van der Waals surface area contributed by atoms with Gasteiger partial charge in [0.1, 0.15) is 0 Å². The van der Waals surface area contributed by atoms with Gasteiger partial charge < -0.3 is 5.11 Å². The summed E-state index contributed by atoms with van der Waals surface area (Å²) in [5, 5.41) is 10.3. The lowest BCUT2D eigenvalue weighted by molar-refractivity contribution is 0.199. The summed E-state index contributed by atoms with van der Waals surface area (Å²) in [6.45, 7) is 6.37. The van der Waals surface area contributed by atoms with Crippen LogP contribution >= 0.6 is 27.7 Å². The molecule has 1 nitrogen and oxygen atoms in total. The van der Waals surface area contributed by atoms with Gasteiger partial charge in [-0.3, -0.25) is 0 Å². The molecule has 0 saturated heterocycles. The minimum atomic E-state index is -0.321. The van der Waals surface area contributed by atoms with Crippen LogP contribution in [0.25, 0.3) is 0 Å². The zero-order valence-electron chi connectivity index (χ0n) is 12.7. The number of halogens is 1. The fourth-order valence-corrected chi connectivity index (χ4v) is 3.65. The Kier molecular flexibility index (Phi) is 5.91. The normalized spacial score (nSPS) is 12.4. The molecule has 0 spiro atoms. The van der Waals surface area contributed by atoms with Gasteiger partial charge in [0.15, 0.2) is 0 Å². The van der Waals surface area contributed by atoms with Gasteiger partial charge in [-0.05, 0) is 68.1 Å². The predicted molar refractivity (Wildman–Crippen MR) is 95.2 cm³/mol. The molecule has 0 fully saturated rings. The molecular weight excluding hydrogens is 344 g/mol. The minimum Gasteiger partial charge on any atom is -0.392 e. The summed E-state index contributed by atoms with van der Waals surface area (Å²) in [6, 6.07) is 12.6. The number of thioether (sulfide) groups is 1. The van der Waals surface area contributed by atoms with Gasteiger partial charge in [0.05, 0.1) is 6.10 Å². The third kappa shape index (κ3) is 4.87. The van der Waals surface area contributed by atoms with Gasteiger partial charge in [-0.2, -0.15) is 0 Å². The van der Waals surface area contributed by atoms with Crippen LogP contribution in [0.1, 0.15) is 22.3 Å². The molecule has 2 aromatic carbocycles. The molecule has 1 unspecified atom stereocenters. The van der Waals surface area contributed by atoms with Crippen molar-refractivity contribution in [1.29, 1.82) is 0 Å². The van der Waals surface area contributed by atoms with Crippen LogP contribution in [0.5, 0.6) is 0 Å². The Morgan fingerprint density at radius 2 is 1.62 bits per heavy atom. The average molecular weight is 365 g/mol. The standard InChI is InChI=1S/C18H21BrOS/c1-12-8-13(2)18(14(3)9-12)10-16(20)11-21-17-6-4-15(19)5-7-17/h4-9,16,20H,10-11H2,1-3H3. The SMILES string of the molecule is Cc1cc(C)c(CC(O)CSc2ccc(Br)cc2)c(C)c1. The maximum Gasteiger partial charge on any atom is 0.0674 e. The Hall–Kier alpha value is -0.770. The van der Waals surface area contributed by atoms with E-state index in [2.05, 4.69) is 61.0 Å². The van der Waals surface area contributed by atoms with Crippen molar-refractivity contribution in [2.75, 3.05) is 5.75 Å². The van der Waals surface area contributed by atoms with Gasteiger partial charge in [-0.25, -0.2) is 0 Å². The molecule has 1 atom stereocenters. The molecule has 0 aliphatic rings. The van der Waals surface area contributed by atoms with E-state index in [0.29, 0.717) is 5.75 Å². The van der Waals surface area contributed by atoms with Gasteiger partial charge in [0, 0.05) is 15.1 Å². The molecule has 112 valence electrons. The summed E-state index contributed by atoms with van der Waals surface area (Å²) in [5.74, 6) is 0.717. The van der Waals surface area contributed by atoms with Crippen molar-refractivity contribution >= 4 is 27.7 Å². The highest BCUT2D eigenvalue weighted by atomic mass is 79.9. The monoisotopic (exact) mass is 364 g/mol. The van der Waals surface area contributed by atoms with Crippen LogP contribution in [0.15, 0.2) is 45.8 Å². The van der Waals surface area contributed by atoms with Crippen LogP contribution < -0.4 is 0 Å². The van der Waals surface area contributed by atoms with E-state index in [1.807, 2.05) is 12.1 Å². The summed E-state index contributed by atoms with van der Waals surface area (Å²) in [7, 11) is 0. The topological polar surface area (TPSA) is 20.2 Å².